The fourth-order valence-electron chi connectivity index (χ4n) is 6.35. The van der Waals surface area contributed by atoms with Crippen molar-refractivity contribution in [1.82, 2.24) is 19.5 Å². The van der Waals surface area contributed by atoms with Gasteiger partial charge in [-0.25, -0.2) is 15.0 Å². The van der Waals surface area contributed by atoms with Gasteiger partial charge in [0.2, 0.25) is 0 Å². The van der Waals surface area contributed by atoms with Crippen LogP contribution in [0.5, 0.6) is 5.75 Å². The maximum absolute atomic E-state index is 10.8. The van der Waals surface area contributed by atoms with E-state index in [0.29, 0.717) is 0 Å². The highest BCUT2D eigenvalue weighted by Gasteiger charge is 2.22. The fraction of sp³-hybridized carbons (Fsp3) is 0.214. The predicted octanol–water partition coefficient (Wildman–Crippen LogP) is 10.6. The molecule has 0 saturated heterocycles. The van der Waals surface area contributed by atoms with Crippen LogP contribution in [0.2, 0.25) is 0 Å². The van der Waals surface area contributed by atoms with Crippen molar-refractivity contribution in [3.8, 4) is 45.1 Å². The van der Waals surface area contributed by atoms with Crippen molar-refractivity contribution in [2.45, 2.75) is 59.3 Å². The number of imidazole rings is 1. The zero-order chi connectivity index (χ0) is 33.1. The van der Waals surface area contributed by atoms with E-state index in [1.54, 1.807) is 12.4 Å². The van der Waals surface area contributed by atoms with Crippen LogP contribution in [0.3, 0.4) is 0 Å². The monoisotopic (exact) mass is 616 g/mol. The molecule has 5 nitrogen and oxygen atoms in total. The summed E-state index contributed by atoms with van der Waals surface area (Å²) in [5.74, 6) is 1.06. The molecule has 2 heterocycles. The van der Waals surface area contributed by atoms with Crippen LogP contribution < -0.4 is 0 Å². The molecule has 0 saturated carbocycles. The number of phenols is 1. The molecule has 7 rings (SSSR count). The van der Waals surface area contributed by atoms with E-state index >= 15 is 0 Å². The summed E-state index contributed by atoms with van der Waals surface area (Å²) < 4.78 is 2.24. The minimum atomic E-state index is -0.0462. The van der Waals surface area contributed by atoms with Crippen LogP contribution in [0.4, 0.5) is 0 Å². The maximum atomic E-state index is 10.8. The van der Waals surface area contributed by atoms with Gasteiger partial charge in [-0.3, -0.25) is 4.57 Å². The van der Waals surface area contributed by atoms with Gasteiger partial charge in [0.15, 0.2) is 0 Å². The van der Waals surface area contributed by atoms with Gasteiger partial charge in [-0.2, -0.15) is 0 Å². The second-order valence-corrected chi connectivity index (χ2v) is 14.5. The van der Waals surface area contributed by atoms with Gasteiger partial charge in [0, 0.05) is 39.0 Å². The number of nitrogens with zero attached hydrogens (tertiary/aromatic N) is 4. The molecule has 0 radical (unpaired) electrons. The molecule has 1 N–H and O–H groups in total. The molecule has 2 aromatic heterocycles. The number of hydrogen-bond donors (Lipinski definition) is 1. The Hall–Kier alpha value is -5.29. The summed E-state index contributed by atoms with van der Waals surface area (Å²) in [5, 5.41) is 11.9. The summed E-state index contributed by atoms with van der Waals surface area (Å²) in [6.45, 7) is 15.5. The molecule has 234 valence electrons. The van der Waals surface area contributed by atoms with Crippen LogP contribution in [-0.4, -0.2) is 24.6 Å². The SMILES string of the molecule is Cc1ncnc2c(-c3cccc(-c4nc5c(-c6ccccc6O)cccc5n4-c4ccc(C(C)(C)C)cc4)c3)cc(C(C)(C)C)cc12. The van der Waals surface area contributed by atoms with Crippen LogP contribution in [0.15, 0.2) is 109 Å². The van der Waals surface area contributed by atoms with E-state index in [-0.39, 0.29) is 16.6 Å². The molecule has 0 aliphatic carbocycles. The topological polar surface area (TPSA) is 63.8 Å². The standard InChI is InChI=1S/C42H40N4O/c1-26-34-23-30(42(5,6)7)24-35(38(34)44-25-43-26)27-12-10-13-28(22-27)40-45-39-33(32-14-8-9-17-37(32)47)15-11-16-36(39)46(40)31-20-18-29(19-21-31)41(2,3)4/h8-25,47H,1-7H3. The molecule has 7 aromatic rings. The van der Waals surface area contributed by atoms with Crippen LogP contribution in [0, 0.1) is 6.92 Å². The number of benzene rings is 5. The van der Waals surface area contributed by atoms with E-state index in [1.165, 1.54) is 11.1 Å². The smallest absolute Gasteiger partial charge is 0.145 e. The molecule has 0 aliphatic heterocycles. The van der Waals surface area contributed by atoms with Crippen molar-refractivity contribution in [2.24, 2.45) is 0 Å². The first-order chi connectivity index (χ1) is 22.4. The maximum Gasteiger partial charge on any atom is 0.145 e. The molecular weight excluding hydrogens is 576 g/mol. The van der Waals surface area contributed by atoms with E-state index in [9.17, 15) is 5.11 Å². The first kappa shape index (κ1) is 30.4. The Morgan fingerprint density at radius 1 is 0.596 bits per heavy atom. The molecule has 5 heteroatoms. The number of aromatic nitrogens is 4. The summed E-state index contributed by atoms with van der Waals surface area (Å²) >= 11 is 0. The van der Waals surface area contributed by atoms with Crippen LogP contribution in [0.1, 0.15) is 58.4 Å². The second kappa shape index (κ2) is 11.2. The molecule has 0 aliphatic rings. The number of para-hydroxylation sites is 2. The van der Waals surface area contributed by atoms with Crippen molar-refractivity contribution >= 4 is 21.9 Å². The van der Waals surface area contributed by atoms with Gasteiger partial charge in [-0.15, -0.1) is 0 Å². The first-order valence-corrected chi connectivity index (χ1v) is 16.2. The number of hydrogen-bond acceptors (Lipinski definition) is 4. The van der Waals surface area contributed by atoms with E-state index in [0.717, 1.165) is 67.0 Å². The Labute approximate surface area is 276 Å². The molecule has 0 spiro atoms. The van der Waals surface area contributed by atoms with Gasteiger partial charge in [0.25, 0.3) is 0 Å². The molecule has 5 aromatic carbocycles. The average Bonchev–Trinajstić information content (AvgIpc) is 3.44. The summed E-state index contributed by atoms with van der Waals surface area (Å²) in [6, 6.07) is 35.5. The van der Waals surface area contributed by atoms with Gasteiger partial charge < -0.3 is 5.11 Å². The van der Waals surface area contributed by atoms with E-state index in [4.69, 9.17) is 9.97 Å². The van der Waals surface area contributed by atoms with Crippen molar-refractivity contribution in [1.29, 1.82) is 0 Å². The summed E-state index contributed by atoms with van der Waals surface area (Å²) in [6.07, 6.45) is 1.66. The Morgan fingerprint density at radius 2 is 1.28 bits per heavy atom. The zero-order valence-corrected chi connectivity index (χ0v) is 28.1. The quantitative estimate of drug-likeness (QED) is 0.214. The average molecular weight is 617 g/mol. The third-order valence-corrected chi connectivity index (χ3v) is 9.11. The first-order valence-electron chi connectivity index (χ1n) is 16.2. The molecule has 0 fully saturated rings. The van der Waals surface area contributed by atoms with Gasteiger partial charge in [0.05, 0.1) is 16.6 Å². The number of fused-ring (bicyclic) bond motifs is 2. The highest BCUT2D eigenvalue weighted by molar-refractivity contribution is 5.98. The lowest BCUT2D eigenvalue weighted by Crippen LogP contribution is -2.11. The second-order valence-electron chi connectivity index (χ2n) is 14.5. The van der Waals surface area contributed by atoms with E-state index < -0.39 is 0 Å². The Kier molecular flexibility index (Phi) is 7.24. The lowest BCUT2D eigenvalue weighted by molar-refractivity contribution is 0.477. The molecule has 0 atom stereocenters. The largest absolute Gasteiger partial charge is 0.507 e. The Bertz CT molecular complexity index is 2280. The van der Waals surface area contributed by atoms with Crippen molar-refractivity contribution in [3.05, 3.63) is 126 Å². The van der Waals surface area contributed by atoms with Crippen molar-refractivity contribution < 1.29 is 5.11 Å². The van der Waals surface area contributed by atoms with Gasteiger partial charge in [0.1, 0.15) is 17.9 Å². The third kappa shape index (κ3) is 5.46. The van der Waals surface area contributed by atoms with E-state index in [1.807, 2.05) is 37.3 Å². The van der Waals surface area contributed by atoms with Gasteiger partial charge >= 0.3 is 0 Å². The third-order valence-electron chi connectivity index (χ3n) is 9.11. The highest BCUT2D eigenvalue weighted by Crippen LogP contribution is 2.40. The van der Waals surface area contributed by atoms with Crippen LogP contribution in [0.25, 0.3) is 61.3 Å². The number of phenolic OH excluding ortho intramolecular Hbond substituents is 1. The summed E-state index contributed by atoms with van der Waals surface area (Å²) in [4.78, 5) is 14.6. The number of rotatable bonds is 4. The van der Waals surface area contributed by atoms with Crippen molar-refractivity contribution in [2.75, 3.05) is 0 Å². The van der Waals surface area contributed by atoms with Crippen LogP contribution in [-0.2, 0) is 10.8 Å². The summed E-state index contributed by atoms with van der Waals surface area (Å²) in [5.41, 5.74) is 12.0. The molecular formula is C42H40N4O. The van der Waals surface area contributed by atoms with Crippen LogP contribution >= 0.6 is 0 Å². The molecule has 0 amide bonds. The van der Waals surface area contributed by atoms with E-state index in [2.05, 4.69) is 118 Å². The van der Waals surface area contributed by atoms with Gasteiger partial charge in [-0.1, -0.05) is 102 Å². The highest BCUT2D eigenvalue weighted by atomic mass is 16.3. The molecule has 0 bridgehead atoms. The Balaban J connectivity index is 1.49. The number of aryl methyl sites for hydroxylation is 1. The lowest BCUT2D eigenvalue weighted by atomic mass is 9.84. The number of aromatic hydroxyl groups is 1. The minimum Gasteiger partial charge on any atom is -0.507 e. The minimum absolute atomic E-state index is 0.0387. The van der Waals surface area contributed by atoms with Gasteiger partial charge in [-0.05, 0) is 76.9 Å². The fourth-order valence-corrected chi connectivity index (χ4v) is 6.35. The predicted molar refractivity (Wildman–Crippen MR) is 194 cm³/mol. The molecule has 47 heavy (non-hydrogen) atoms. The van der Waals surface area contributed by atoms with Crippen molar-refractivity contribution in [3.63, 3.8) is 0 Å². The summed E-state index contributed by atoms with van der Waals surface area (Å²) in [7, 11) is 0. The Morgan fingerprint density at radius 3 is 2.00 bits per heavy atom. The molecule has 0 unspecified atom stereocenters. The zero-order valence-electron chi connectivity index (χ0n) is 28.1. The normalized spacial score (nSPS) is 12.2. The lowest BCUT2D eigenvalue weighted by Gasteiger charge is -2.22.